The van der Waals surface area contributed by atoms with Gasteiger partial charge in [-0.05, 0) is 48.9 Å². The number of nitrogens with one attached hydrogen (secondary N) is 2. The van der Waals surface area contributed by atoms with E-state index >= 15 is 0 Å². The maximum atomic E-state index is 12.6. The van der Waals surface area contributed by atoms with Crippen LogP contribution >= 0.6 is 0 Å². The fourth-order valence-corrected chi connectivity index (χ4v) is 4.36. The molecule has 31 heavy (non-hydrogen) atoms. The molecule has 1 fully saturated rings. The summed E-state index contributed by atoms with van der Waals surface area (Å²) in [5, 5.41) is 6.43. The molecule has 2 amide bonds. The van der Waals surface area contributed by atoms with Gasteiger partial charge in [-0.2, -0.15) is 0 Å². The highest BCUT2D eigenvalue weighted by molar-refractivity contribution is 5.94. The summed E-state index contributed by atoms with van der Waals surface area (Å²) in [5.41, 5.74) is 3.50. The summed E-state index contributed by atoms with van der Waals surface area (Å²) in [4.78, 5) is 32.0. The summed E-state index contributed by atoms with van der Waals surface area (Å²) in [6.07, 6.45) is 6.38. The first-order valence-electron chi connectivity index (χ1n) is 11.2. The molecular formula is C24H31N5O2. The maximum absolute atomic E-state index is 12.6. The number of carbonyl (C=O) groups is 2. The molecule has 0 atom stereocenters. The molecule has 164 valence electrons. The molecule has 3 heterocycles. The molecule has 7 nitrogen and oxygen atoms in total. The van der Waals surface area contributed by atoms with Crippen LogP contribution in [0.4, 0.5) is 5.82 Å². The molecule has 1 aromatic carbocycles. The predicted octanol–water partition coefficient (Wildman–Crippen LogP) is 2.29. The van der Waals surface area contributed by atoms with Crippen molar-refractivity contribution in [3.8, 4) is 0 Å². The molecule has 2 aliphatic heterocycles. The van der Waals surface area contributed by atoms with Crippen LogP contribution < -0.4 is 10.6 Å². The van der Waals surface area contributed by atoms with Crippen LogP contribution in [-0.4, -0.2) is 65.9 Å². The summed E-state index contributed by atoms with van der Waals surface area (Å²) in [6, 6.07) is 12.5. The zero-order chi connectivity index (χ0) is 21.5. The Balaban J connectivity index is 1.19. The van der Waals surface area contributed by atoms with Crippen LogP contribution in [0.3, 0.4) is 0 Å². The SMILES string of the molecule is O=CN1CCC(Nc2cc(C(=O)NCCCN3CCc4ccccc4C3)ccn2)CC1. The molecule has 1 aromatic heterocycles. The number of anilines is 1. The van der Waals surface area contributed by atoms with E-state index in [1.165, 1.54) is 11.1 Å². The molecule has 7 heteroatoms. The average Bonchev–Trinajstić information content (AvgIpc) is 2.82. The Labute approximate surface area is 183 Å². The Hall–Kier alpha value is -2.93. The van der Waals surface area contributed by atoms with E-state index in [0.29, 0.717) is 17.9 Å². The molecule has 0 radical (unpaired) electrons. The largest absolute Gasteiger partial charge is 0.367 e. The fraction of sp³-hybridized carbons (Fsp3) is 0.458. The molecule has 0 saturated carbocycles. The summed E-state index contributed by atoms with van der Waals surface area (Å²) in [6.45, 7) is 5.22. The number of likely N-dealkylation sites (tertiary alicyclic amines) is 1. The number of pyridine rings is 1. The topological polar surface area (TPSA) is 77.6 Å². The molecule has 0 bridgehead atoms. The van der Waals surface area contributed by atoms with Crippen LogP contribution in [0.15, 0.2) is 42.6 Å². The fourth-order valence-electron chi connectivity index (χ4n) is 4.36. The number of rotatable bonds is 8. The minimum absolute atomic E-state index is 0.0646. The second kappa shape index (κ2) is 10.4. The standard InChI is InChI=1S/C24H31N5O2/c30-18-29-14-8-22(9-15-29)27-23-16-20(6-11-25-23)24(31)26-10-3-12-28-13-7-19-4-1-2-5-21(19)17-28/h1-2,4-6,11,16,18,22H,3,7-10,12-15,17H2,(H,25,27)(H,26,31). The van der Waals surface area contributed by atoms with Crippen molar-refractivity contribution in [2.45, 2.75) is 38.3 Å². The quantitative estimate of drug-likeness (QED) is 0.505. The first-order valence-corrected chi connectivity index (χ1v) is 11.2. The first kappa shape index (κ1) is 21.3. The van der Waals surface area contributed by atoms with Gasteiger partial charge >= 0.3 is 0 Å². The van der Waals surface area contributed by atoms with Gasteiger partial charge in [-0.3, -0.25) is 14.5 Å². The number of nitrogens with zero attached hydrogens (tertiary/aromatic N) is 3. The van der Waals surface area contributed by atoms with Crippen molar-refractivity contribution < 1.29 is 9.59 Å². The summed E-state index contributed by atoms with van der Waals surface area (Å²) >= 11 is 0. The lowest BCUT2D eigenvalue weighted by molar-refractivity contribution is -0.118. The van der Waals surface area contributed by atoms with Gasteiger partial charge < -0.3 is 15.5 Å². The Morgan fingerprint density at radius 1 is 1.13 bits per heavy atom. The van der Waals surface area contributed by atoms with E-state index in [0.717, 1.165) is 64.8 Å². The molecule has 4 rings (SSSR count). The highest BCUT2D eigenvalue weighted by Crippen LogP contribution is 2.18. The Morgan fingerprint density at radius 3 is 2.74 bits per heavy atom. The van der Waals surface area contributed by atoms with Crippen molar-refractivity contribution >= 4 is 18.1 Å². The van der Waals surface area contributed by atoms with Gasteiger partial charge in [-0.15, -0.1) is 0 Å². The number of fused-ring (bicyclic) bond motifs is 1. The summed E-state index contributed by atoms with van der Waals surface area (Å²) in [7, 11) is 0. The van der Waals surface area contributed by atoms with E-state index in [-0.39, 0.29) is 11.9 Å². The van der Waals surface area contributed by atoms with Crippen LogP contribution in [-0.2, 0) is 17.8 Å². The molecular weight excluding hydrogens is 390 g/mol. The molecule has 0 unspecified atom stereocenters. The van der Waals surface area contributed by atoms with Gasteiger partial charge in [-0.1, -0.05) is 24.3 Å². The number of aromatic nitrogens is 1. The van der Waals surface area contributed by atoms with E-state index in [1.807, 2.05) is 6.07 Å². The number of carbonyl (C=O) groups excluding carboxylic acids is 2. The molecule has 1 saturated heterocycles. The van der Waals surface area contributed by atoms with Crippen molar-refractivity contribution in [1.82, 2.24) is 20.1 Å². The van der Waals surface area contributed by atoms with E-state index in [2.05, 4.69) is 44.8 Å². The second-order valence-electron chi connectivity index (χ2n) is 8.39. The highest BCUT2D eigenvalue weighted by Gasteiger charge is 2.19. The van der Waals surface area contributed by atoms with E-state index in [4.69, 9.17) is 0 Å². The molecule has 2 N–H and O–H groups in total. The second-order valence-corrected chi connectivity index (χ2v) is 8.39. The molecule has 0 aliphatic carbocycles. The third kappa shape index (κ3) is 5.82. The lowest BCUT2D eigenvalue weighted by Gasteiger charge is -2.30. The van der Waals surface area contributed by atoms with Crippen molar-refractivity contribution in [3.63, 3.8) is 0 Å². The smallest absolute Gasteiger partial charge is 0.251 e. The normalized spacial score (nSPS) is 17.1. The number of hydrogen-bond acceptors (Lipinski definition) is 5. The molecule has 0 spiro atoms. The predicted molar refractivity (Wildman–Crippen MR) is 121 cm³/mol. The number of benzene rings is 1. The molecule has 2 aliphatic rings. The zero-order valence-corrected chi connectivity index (χ0v) is 17.9. The molecule has 2 aromatic rings. The van der Waals surface area contributed by atoms with Gasteiger partial charge in [0.05, 0.1) is 0 Å². The van der Waals surface area contributed by atoms with Crippen LogP contribution in [0.25, 0.3) is 0 Å². The van der Waals surface area contributed by atoms with Crippen LogP contribution in [0.2, 0.25) is 0 Å². The lowest BCUT2D eigenvalue weighted by atomic mass is 10.00. The van der Waals surface area contributed by atoms with Gasteiger partial charge in [0, 0.05) is 57.1 Å². The Kier molecular flexibility index (Phi) is 7.14. The Morgan fingerprint density at radius 2 is 1.94 bits per heavy atom. The first-order chi connectivity index (χ1) is 15.2. The maximum Gasteiger partial charge on any atom is 0.251 e. The van der Waals surface area contributed by atoms with Gasteiger partial charge in [0.25, 0.3) is 5.91 Å². The minimum Gasteiger partial charge on any atom is -0.367 e. The number of amides is 2. The van der Waals surface area contributed by atoms with Crippen molar-refractivity contribution in [3.05, 3.63) is 59.3 Å². The van der Waals surface area contributed by atoms with E-state index in [9.17, 15) is 9.59 Å². The monoisotopic (exact) mass is 421 g/mol. The number of hydrogen-bond donors (Lipinski definition) is 2. The summed E-state index contributed by atoms with van der Waals surface area (Å²) < 4.78 is 0. The number of piperidine rings is 1. The van der Waals surface area contributed by atoms with Crippen molar-refractivity contribution in [2.75, 3.05) is 38.0 Å². The van der Waals surface area contributed by atoms with Crippen LogP contribution in [0.5, 0.6) is 0 Å². The van der Waals surface area contributed by atoms with Crippen molar-refractivity contribution in [2.24, 2.45) is 0 Å². The van der Waals surface area contributed by atoms with Gasteiger partial charge in [0.15, 0.2) is 0 Å². The minimum atomic E-state index is -0.0646. The third-order valence-electron chi connectivity index (χ3n) is 6.20. The average molecular weight is 422 g/mol. The van der Waals surface area contributed by atoms with Crippen LogP contribution in [0.1, 0.15) is 40.7 Å². The van der Waals surface area contributed by atoms with E-state index in [1.54, 1.807) is 17.2 Å². The Bertz CT molecular complexity index is 895. The van der Waals surface area contributed by atoms with Crippen molar-refractivity contribution in [1.29, 1.82) is 0 Å². The highest BCUT2D eigenvalue weighted by atomic mass is 16.1. The van der Waals surface area contributed by atoms with Gasteiger partial charge in [0.2, 0.25) is 6.41 Å². The van der Waals surface area contributed by atoms with Crippen LogP contribution in [0, 0.1) is 0 Å². The van der Waals surface area contributed by atoms with Gasteiger partial charge in [-0.25, -0.2) is 4.98 Å². The van der Waals surface area contributed by atoms with Gasteiger partial charge in [0.1, 0.15) is 5.82 Å². The third-order valence-corrected chi connectivity index (χ3v) is 6.20. The lowest BCUT2D eigenvalue weighted by Crippen LogP contribution is -2.38. The summed E-state index contributed by atoms with van der Waals surface area (Å²) in [5.74, 6) is 0.648. The zero-order valence-electron chi connectivity index (χ0n) is 17.9. The van der Waals surface area contributed by atoms with E-state index < -0.39 is 0 Å².